The van der Waals surface area contributed by atoms with E-state index < -0.39 is 17.2 Å². The van der Waals surface area contributed by atoms with Crippen LogP contribution < -0.4 is 0 Å². The average Bonchev–Trinajstić information content (AvgIpc) is 1.60. The highest BCUT2D eigenvalue weighted by atomic mass is 35.5. The number of aliphatic carboxylic acids is 1. The van der Waals surface area contributed by atoms with E-state index in [1.807, 2.05) is 0 Å². The van der Waals surface area contributed by atoms with Crippen LogP contribution in [0.3, 0.4) is 0 Å². The van der Waals surface area contributed by atoms with Crippen molar-refractivity contribution < 1.29 is 23.1 Å². The molecule has 0 aliphatic heterocycles. The summed E-state index contributed by atoms with van der Waals surface area (Å²) in [6, 6.07) is 0. The lowest BCUT2D eigenvalue weighted by Crippen LogP contribution is -2.08. The van der Waals surface area contributed by atoms with Gasteiger partial charge in [0.15, 0.2) is 0 Å². The van der Waals surface area contributed by atoms with Crippen molar-refractivity contribution in [1.82, 2.24) is 0 Å². The Balaban J connectivity index is 4.35. The number of hydrogen-bond acceptors (Lipinski definition) is 1. The van der Waals surface area contributed by atoms with Gasteiger partial charge in [-0.2, -0.15) is 13.2 Å². The molecule has 6 heteroatoms. The summed E-state index contributed by atoms with van der Waals surface area (Å²) in [6.45, 7) is 0. The van der Waals surface area contributed by atoms with E-state index in [1.165, 1.54) is 0 Å². The molecule has 0 saturated heterocycles. The third-order valence-electron chi connectivity index (χ3n) is 0.521. The molecule has 2 nitrogen and oxygen atoms in total. The topological polar surface area (TPSA) is 37.3 Å². The largest absolute Gasteiger partial charge is 0.478 e. The summed E-state index contributed by atoms with van der Waals surface area (Å²) in [6.07, 6.45) is -4.87. The molecule has 0 saturated carbocycles. The number of carboxylic acids is 1. The predicted octanol–water partition coefficient (Wildman–Crippen LogP) is 1.76. The first-order chi connectivity index (χ1) is 4.34. The van der Waals surface area contributed by atoms with Gasteiger partial charge in [0.25, 0.3) is 0 Å². The summed E-state index contributed by atoms with van der Waals surface area (Å²) < 4.78 is 34.0. The van der Waals surface area contributed by atoms with Gasteiger partial charge in [0.1, 0.15) is 5.03 Å². The van der Waals surface area contributed by atoms with Crippen molar-refractivity contribution in [1.29, 1.82) is 0 Å². The van der Waals surface area contributed by atoms with Crippen LogP contribution in [0.2, 0.25) is 0 Å². The fourth-order valence-corrected chi connectivity index (χ4v) is 0.284. The number of carbonyl (C=O) groups is 1. The fraction of sp³-hybridized carbons (Fsp3) is 0.250. The average molecular weight is 175 g/mol. The molecule has 0 heterocycles. The standard InChI is InChI=1S/C4H2ClF3O2/c5-2(1-3(9)10)4(6,7)8/h1H,(H,9,10)/b2-1-. The maximum atomic E-state index is 11.3. The second-order valence-corrected chi connectivity index (χ2v) is 1.74. The zero-order valence-electron chi connectivity index (χ0n) is 4.44. The molecule has 0 fully saturated rings. The summed E-state index contributed by atoms with van der Waals surface area (Å²) in [5.41, 5.74) is 0. The van der Waals surface area contributed by atoms with Gasteiger partial charge >= 0.3 is 12.1 Å². The monoisotopic (exact) mass is 174 g/mol. The molecule has 0 radical (unpaired) electrons. The molecule has 0 atom stereocenters. The van der Waals surface area contributed by atoms with Crippen LogP contribution >= 0.6 is 11.6 Å². The summed E-state index contributed by atoms with van der Waals surface area (Å²) >= 11 is 4.51. The normalized spacial score (nSPS) is 13.4. The molecular formula is C4H2ClF3O2. The highest BCUT2D eigenvalue weighted by molar-refractivity contribution is 6.31. The first-order valence-corrected chi connectivity index (χ1v) is 2.39. The number of alkyl halides is 3. The van der Waals surface area contributed by atoms with E-state index in [-0.39, 0.29) is 6.08 Å². The number of allylic oxidation sites excluding steroid dienone is 1. The van der Waals surface area contributed by atoms with E-state index in [1.54, 1.807) is 0 Å². The van der Waals surface area contributed by atoms with Crippen molar-refractivity contribution in [3.05, 3.63) is 11.1 Å². The molecule has 10 heavy (non-hydrogen) atoms. The lowest BCUT2D eigenvalue weighted by atomic mass is 10.5. The smallest absolute Gasteiger partial charge is 0.427 e. The summed E-state index contributed by atoms with van der Waals surface area (Å²) in [7, 11) is 0. The zero-order chi connectivity index (χ0) is 8.36. The lowest BCUT2D eigenvalue weighted by Gasteiger charge is -2.01. The van der Waals surface area contributed by atoms with E-state index in [4.69, 9.17) is 5.11 Å². The van der Waals surface area contributed by atoms with Gasteiger partial charge < -0.3 is 5.11 Å². The molecule has 0 aliphatic rings. The van der Waals surface area contributed by atoms with Crippen molar-refractivity contribution >= 4 is 17.6 Å². The highest BCUT2D eigenvalue weighted by Crippen LogP contribution is 2.27. The SMILES string of the molecule is O=C(O)/C=C(\Cl)C(F)(F)F. The number of hydrogen-bond donors (Lipinski definition) is 1. The van der Waals surface area contributed by atoms with Crippen molar-refractivity contribution in [2.24, 2.45) is 0 Å². The maximum absolute atomic E-state index is 11.3. The number of carboxylic acid groups (broad SMARTS) is 1. The zero-order valence-corrected chi connectivity index (χ0v) is 5.20. The molecule has 0 aromatic rings. The minimum Gasteiger partial charge on any atom is -0.478 e. The predicted molar refractivity (Wildman–Crippen MR) is 27.6 cm³/mol. The Morgan fingerprint density at radius 2 is 1.90 bits per heavy atom. The minimum atomic E-state index is -4.76. The fourth-order valence-electron chi connectivity index (χ4n) is 0.190. The summed E-state index contributed by atoms with van der Waals surface area (Å²) in [4.78, 5) is 9.60. The van der Waals surface area contributed by atoms with Gasteiger partial charge in [-0.1, -0.05) is 11.6 Å². The molecule has 0 bridgehead atoms. The molecule has 0 amide bonds. The molecule has 0 unspecified atom stereocenters. The maximum Gasteiger partial charge on any atom is 0.427 e. The van der Waals surface area contributed by atoms with Gasteiger partial charge in [0, 0.05) is 6.08 Å². The lowest BCUT2D eigenvalue weighted by molar-refractivity contribution is -0.132. The molecule has 0 spiro atoms. The second-order valence-electron chi connectivity index (χ2n) is 1.33. The van der Waals surface area contributed by atoms with Crippen molar-refractivity contribution in [3.8, 4) is 0 Å². The molecule has 0 aromatic heterocycles. The molecule has 58 valence electrons. The van der Waals surface area contributed by atoms with Crippen LogP contribution in [-0.2, 0) is 4.79 Å². The molecular weight excluding hydrogens is 172 g/mol. The summed E-state index contributed by atoms with van der Waals surface area (Å²) in [5.74, 6) is -1.72. The van der Waals surface area contributed by atoms with E-state index in [0.29, 0.717) is 0 Å². The third kappa shape index (κ3) is 3.34. The molecule has 0 aromatic carbocycles. The van der Waals surface area contributed by atoms with Gasteiger partial charge in [-0.3, -0.25) is 0 Å². The van der Waals surface area contributed by atoms with Gasteiger partial charge in [0.2, 0.25) is 0 Å². The highest BCUT2D eigenvalue weighted by Gasteiger charge is 2.32. The Kier molecular flexibility index (Phi) is 2.71. The van der Waals surface area contributed by atoms with Crippen LogP contribution in [0.5, 0.6) is 0 Å². The quantitative estimate of drug-likeness (QED) is 0.615. The van der Waals surface area contributed by atoms with Crippen molar-refractivity contribution in [2.75, 3.05) is 0 Å². The van der Waals surface area contributed by atoms with Gasteiger partial charge in [-0.25, -0.2) is 4.79 Å². The molecule has 0 rings (SSSR count). The second kappa shape index (κ2) is 2.92. The Bertz CT molecular complexity index is 172. The number of halogens is 4. The van der Waals surface area contributed by atoms with Crippen molar-refractivity contribution in [3.63, 3.8) is 0 Å². The van der Waals surface area contributed by atoms with Crippen LogP contribution in [0, 0.1) is 0 Å². The molecule has 0 aliphatic carbocycles. The van der Waals surface area contributed by atoms with Crippen LogP contribution in [0.1, 0.15) is 0 Å². The Morgan fingerprint density at radius 3 is 2.00 bits per heavy atom. The minimum absolute atomic E-state index is 0.110. The Hall–Kier alpha value is -0.710. The van der Waals surface area contributed by atoms with E-state index in [9.17, 15) is 18.0 Å². The third-order valence-corrected chi connectivity index (χ3v) is 0.844. The van der Waals surface area contributed by atoms with Crippen LogP contribution in [0.15, 0.2) is 11.1 Å². The van der Waals surface area contributed by atoms with Gasteiger partial charge in [-0.05, 0) is 0 Å². The number of rotatable bonds is 1. The Morgan fingerprint density at radius 1 is 1.50 bits per heavy atom. The van der Waals surface area contributed by atoms with E-state index >= 15 is 0 Å². The van der Waals surface area contributed by atoms with E-state index in [0.717, 1.165) is 0 Å². The van der Waals surface area contributed by atoms with Crippen LogP contribution in [-0.4, -0.2) is 17.3 Å². The first-order valence-electron chi connectivity index (χ1n) is 2.01. The first kappa shape index (κ1) is 9.29. The Labute approximate surface area is 58.9 Å². The molecule has 1 N–H and O–H groups in total. The van der Waals surface area contributed by atoms with E-state index in [2.05, 4.69) is 11.6 Å². The van der Waals surface area contributed by atoms with Crippen LogP contribution in [0.4, 0.5) is 13.2 Å². The summed E-state index contributed by atoms with van der Waals surface area (Å²) in [5, 5.41) is 6.15. The van der Waals surface area contributed by atoms with Gasteiger partial charge in [-0.15, -0.1) is 0 Å². The van der Waals surface area contributed by atoms with Crippen molar-refractivity contribution in [2.45, 2.75) is 6.18 Å². The van der Waals surface area contributed by atoms with Gasteiger partial charge in [0.05, 0.1) is 0 Å². The van der Waals surface area contributed by atoms with Crippen LogP contribution in [0.25, 0.3) is 0 Å².